The molecule has 0 aliphatic heterocycles. The summed E-state index contributed by atoms with van der Waals surface area (Å²) in [4.78, 5) is 11.7. The van der Waals surface area contributed by atoms with Gasteiger partial charge in [0, 0.05) is 16.6 Å². The molecule has 0 unspecified atom stereocenters. The molecule has 0 radical (unpaired) electrons. The molecule has 1 aromatic carbocycles. The van der Waals surface area contributed by atoms with Crippen molar-refractivity contribution < 1.29 is 4.79 Å². The van der Waals surface area contributed by atoms with Crippen molar-refractivity contribution in [1.29, 1.82) is 0 Å². The summed E-state index contributed by atoms with van der Waals surface area (Å²) < 4.78 is 1.04. The van der Waals surface area contributed by atoms with E-state index in [9.17, 15) is 4.79 Å². The lowest BCUT2D eigenvalue weighted by Gasteiger charge is -2.10. The molecular formula is C13H19BrN2O. The summed E-state index contributed by atoms with van der Waals surface area (Å²) in [5.74, 6) is 0.0808. The zero-order valence-corrected chi connectivity index (χ0v) is 11.9. The highest BCUT2D eigenvalue weighted by Gasteiger charge is 2.06. The van der Waals surface area contributed by atoms with Gasteiger partial charge in [-0.3, -0.25) is 4.79 Å². The van der Waals surface area contributed by atoms with Crippen molar-refractivity contribution in [3.05, 3.63) is 28.2 Å². The fourth-order valence-corrected chi connectivity index (χ4v) is 2.02. The third-order valence-corrected chi connectivity index (χ3v) is 3.05. The Labute approximate surface area is 111 Å². The summed E-state index contributed by atoms with van der Waals surface area (Å²) in [6, 6.07) is 5.93. The van der Waals surface area contributed by atoms with Gasteiger partial charge in [0.1, 0.15) is 0 Å². The Morgan fingerprint density at radius 2 is 2.18 bits per heavy atom. The van der Waals surface area contributed by atoms with Crippen LogP contribution in [0.2, 0.25) is 0 Å². The molecule has 3 nitrogen and oxygen atoms in total. The van der Waals surface area contributed by atoms with Crippen LogP contribution in [0.15, 0.2) is 22.7 Å². The standard InChI is InChI=1S/C13H19BrN2O/c1-3-10-9-11(14)6-7-12(10)16-13(17)5-4-8-15-2/h6-7,9,15H,3-5,8H2,1-2H3,(H,16,17). The van der Waals surface area contributed by atoms with Gasteiger partial charge in [0.25, 0.3) is 0 Å². The Bertz CT molecular complexity index is 380. The van der Waals surface area contributed by atoms with Crippen LogP contribution in [0, 0.1) is 0 Å². The Morgan fingerprint density at radius 3 is 2.82 bits per heavy atom. The van der Waals surface area contributed by atoms with Crippen molar-refractivity contribution in [1.82, 2.24) is 5.32 Å². The highest BCUT2D eigenvalue weighted by Crippen LogP contribution is 2.21. The summed E-state index contributed by atoms with van der Waals surface area (Å²) >= 11 is 3.43. The molecule has 0 fully saturated rings. The zero-order valence-electron chi connectivity index (χ0n) is 10.3. The smallest absolute Gasteiger partial charge is 0.224 e. The second-order valence-corrected chi connectivity index (χ2v) is 4.83. The van der Waals surface area contributed by atoms with Gasteiger partial charge >= 0.3 is 0 Å². The van der Waals surface area contributed by atoms with E-state index in [-0.39, 0.29) is 5.91 Å². The number of carbonyl (C=O) groups excluding carboxylic acids is 1. The fourth-order valence-electron chi connectivity index (χ4n) is 1.62. The van der Waals surface area contributed by atoms with Crippen LogP contribution in [0.5, 0.6) is 0 Å². The lowest BCUT2D eigenvalue weighted by atomic mass is 10.1. The molecule has 0 saturated heterocycles. The monoisotopic (exact) mass is 298 g/mol. The first-order valence-electron chi connectivity index (χ1n) is 5.90. The number of benzene rings is 1. The average molecular weight is 299 g/mol. The molecule has 94 valence electrons. The van der Waals surface area contributed by atoms with Crippen LogP contribution in [0.3, 0.4) is 0 Å². The molecule has 0 atom stereocenters. The van der Waals surface area contributed by atoms with Crippen molar-refractivity contribution in [2.75, 3.05) is 18.9 Å². The van der Waals surface area contributed by atoms with Crippen molar-refractivity contribution in [3.63, 3.8) is 0 Å². The predicted octanol–water partition coefficient (Wildman–Crippen LogP) is 2.95. The van der Waals surface area contributed by atoms with Crippen LogP contribution >= 0.6 is 15.9 Å². The van der Waals surface area contributed by atoms with Crippen LogP contribution in [0.4, 0.5) is 5.69 Å². The zero-order chi connectivity index (χ0) is 12.7. The molecule has 1 rings (SSSR count). The van der Waals surface area contributed by atoms with Crippen LogP contribution < -0.4 is 10.6 Å². The Morgan fingerprint density at radius 1 is 1.41 bits per heavy atom. The largest absolute Gasteiger partial charge is 0.326 e. The third-order valence-electron chi connectivity index (χ3n) is 2.55. The second kappa shape index (κ2) is 7.45. The first-order chi connectivity index (χ1) is 8.17. The van der Waals surface area contributed by atoms with Gasteiger partial charge in [0.15, 0.2) is 0 Å². The number of amides is 1. The van der Waals surface area contributed by atoms with E-state index in [4.69, 9.17) is 0 Å². The summed E-state index contributed by atoms with van der Waals surface area (Å²) in [6.07, 6.45) is 2.33. The molecule has 0 saturated carbocycles. The molecule has 0 bridgehead atoms. The SMILES string of the molecule is CCc1cc(Br)ccc1NC(=O)CCCNC. The van der Waals surface area contributed by atoms with E-state index in [0.717, 1.165) is 35.1 Å². The van der Waals surface area contributed by atoms with Crippen LogP contribution in [-0.4, -0.2) is 19.5 Å². The molecule has 0 aliphatic carbocycles. The molecule has 0 heterocycles. The van der Waals surface area contributed by atoms with Gasteiger partial charge in [-0.25, -0.2) is 0 Å². The maximum absolute atomic E-state index is 11.7. The number of hydrogen-bond acceptors (Lipinski definition) is 2. The minimum Gasteiger partial charge on any atom is -0.326 e. The van der Waals surface area contributed by atoms with E-state index in [1.165, 1.54) is 0 Å². The molecule has 1 amide bonds. The minimum absolute atomic E-state index is 0.0808. The van der Waals surface area contributed by atoms with Gasteiger partial charge < -0.3 is 10.6 Å². The molecule has 17 heavy (non-hydrogen) atoms. The van der Waals surface area contributed by atoms with E-state index in [1.807, 2.05) is 25.2 Å². The van der Waals surface area contributed by atoms with Gasteiger partial charge in [-0.15, -0.1) is 0 Å². The van der Waals surface area contributed by atoms with E-state index in [1.54, 1.807) is 0 Å². The topological polar surface area (TPSA) is 41.1 Å². The van der Waals surface area contributed by atoms with Crippen molar-refractivity contribution in [2.24, 2.45) is 0 Å². The maximum Gasteiger partial charge on any atom is 0.224 e. The Balaban J connectivity index is 2.58. The quantitative estimate of drug-likeness (QED) is 0.793. The van der Waals surface area contributed by atoms with E-state index < -0.39 is 0 Å². The van der Waals surface area contributed by atoms with Gasteiger partial charge in [-0.05, 0) is 50.2 Å². The van der Waals surface area contributed by atoms with Gasteiger partial charge in [0.2, 0.25) is 5.91 Å². The third kappa shape index (κ3) is 4.88. The normalized spacial score (nSPS) is 10.3. The number of carbonyl (C=O) groups is 1. The molecule has 0 aromatic heterocycles. The first-order valence-corrected chi connectivity index (χ1v) is 6.69. The highest BCUT2D eigenvalue weighted by molar-refractivity contribution is 9.10. The van der Waals surface area contributed by atoms with E-state index in [0.29, 0.717) is 6.42 Å². The van der Waals surface area contributed by atoms with Gasteiger partial charge in [-0.2, -0.15) is 0 Å². The van der Waals surface area contributed by atoms with Gasteiger partial charge in [0.05, 0.1) is 0 Å². The summed E-state index contributed by atoms with van der Waals surface area (Å²) in [7, 11) is 1.89. The average Bonchev–Trinajstić information content (AvgIpc) is 2.32. The van der Waals surface area contributed by atoms with Gasteiger partial charge in [-0.1, -0.05) is 22.9 Å². The van der Waals surface area contributed by atoms with Crippen molar-refractivity contribution >= 4 is 27.5 Å². The molecular weight excluding hydrogens is 280 g/mol. The molecule has 0 aliphatic rings. The predicted molar refractivity (Wildman–Crippen MR) is 75.3 cm³/mol. The highest BCUT2D eigenvalue weighted by atomic mass is 79.9. The Hall–Kier alpha value is -0.870. The molecule has 1 aromatic rings. The number of halogens is 1. The van der Waals surface area contributed by atoms with Crippen LogP contribution in [-0.2, 0) is 11.2 Å². The number of anilines is 1. The molecule has 2 N–H and O–H groups in total. The maximum atomic E-state index is 11.7. The van der Waals surface area contributed by atoms with Crippen molar-refractivity contribution in [2.45, 2.75) is 26.2 Å². The van der Waals surface area contributed by atoms with Crippen LogP contribution in [0.25, 0.3) is 0 Å². The summed E-state index contributed by atoms with van der Waals surface area (Å²) in [5, 5.41) is 5.99. The summed E-state index contributed by atoms with van der Waals surface area (Å²) in [5.41, 5.74) is 2.08. The number of rotatable bonds is 6. The minimum atomic E-state index is 0.0808. The molecule has 0 spiro atoms. The number of hydrogen-bond donors (Lipinski definition) is 2. The van der Waals surface area contributed by atoms with Crippen molar-refractivity contribution in [3.8, 4) is 0 Å². The van der Waals surface area contributed by atoms with E-state index in [2.05, 4.69) is 33.5 Å². The van der Waals surface area contributed by atoms with E-state index >= 15 is 0 Å². The van der Waals surface area contributed by atoms with Crippen LogP contribution in [0.1, 0.15) is 25.3 Å². The lowest BCUT2D eigenvalue weighted by molar-refractivity contribution is -0.116. The number of nitrogens with one attached hydrogen (secondary N) is 2. The summed E-state index contributed by atoms with van der Waals surface area (Å²) in [6.45, 7) is 2.95. The number of aryl methyl sites for hydroxylation is 1. The lowest BCUT2D eigenvalue weighted by Crippen LogP contribution is -2.16. The second-order valence-electron chi connectivity index (χ2n) is 3.91. The molecule has 4 heteroatoms. The first kappa shape index (κ1) is 14.2. The Kier molecular flexibility index (Phi) is 6.22. The fraction of sp³-hybridized carbons (Fsp3) is 0.462.